The van der Waals surface area contributed by atoms with E-state index in [0.29, 0.717) is 6.54 Å². The van der Waals surface area contributed by atoms with Crippen LogP contribution in [-0.4, -0.2) is 32.4 Å². The fourth-order valence-electron chi connectivity index (χ4n) is 2.02. The summed E-state index contributed by atoms with van der Waals surface area (Å²) >= 11 is 0. The number of hydrogen-bond acceptors (Lipinski definition) is 4. The van der Waals surface area contributed by atoms with E-state index in [0.717, 1.165) is 29.9 Å². The molecule has 0 aliphatic rings. The van der Waals surface area contributed by atoms with E-state index in [1.165, 1.54) is 0 Å². The Hall–Kier alpha value is -2.21. The maximum atomic E-state index is 10.8. The lowest BCUT2D eigenvalue weighted by Crippen LogP contribution is -2.19. The van der Waals surface area contributed by atoms with Crippen LogP contribution in [0.3, 0.4) is 0 Å². The smallest absolute Gasteiger partial charge is 0.307 e. The number of benzene rings is 1. The van der Waals surface area contributed by atoms with Gasteiger partial charge in [0.05, 0.1) is 6.42 Å². The van der Waals surface area contributed by atoms with E-state index in [4.69, 9.17) is 5.11 Å². The number of aliphatic carboxylic acids is 1. The Morgan fingerprint density at radius 2 is 2.10 bits per heavy atom. The maximum absolute atomic E-state index is 10.8. The van der Waals surface area contributed by atoms with E-state index in [1.54, 1.807) is 6.33 Å². The molecule has 0 fully saturated rings. The Morgan fingerprint density at radius 3 is 2.75 bits per heavy atom. The molecule has 1 aromatic heterocycles. The molecule has 0 amide bonds. The molecule has 6 nitrogen and oxygen atoms in total. The molecular formula is C14H18N4O2. The summed E-state index contributed by atoms with van der Waals surface area (Å²) in [5.41, 5.74) is 1.87. The highest BCUT2D eigenvalue weighted by Gasteiger charge is 2.06. The Morgan fingerprint density at radius 1 is 1.35 bits per heavy atom. The van der Waals surface area contributed by atoms with Gasteiger partial charge in [0.25, 0.3) is 0 Å². The third-order valence-electron chi connectivity index (χ3n) is 3.11. The van der Waals surface area contributed by atoms with E-state index >= 15 is 0 Å². The van der Waals surface area contributed by atoms with Crippen molar-refractivity contribution in [2.75, 3.05) is 6.54 Å². The van der Waals surface area contributed by atoms with E-state index in [1.807, 2.05) is 35.9 Å². The van der Waals surface area contributed by atoms with Gasteiger partial charge < -0.3 is 15.0 Å². The minimum Gasteiger partial charge on any atom is -0.481 e. The van der Waals surface area contributed by atoms with Gasteiger partial charge in [-0.2, -0.15) is 0 Å². The molecule has 2 aromatic rings. The zero-order valence-electron chi connectivity index (χ0n) is 11.4. The lowest BCUT2D eigenvalue weighted by molar-refractivity contribution is -0.136. The van der Waals surface area contributed by atoms with Crippen molar-refractivity contribution in [2.24, 2.45) is 7.05 Å². The standard InChI is InChI=1S/C14H18N4O2/c1-18-10-16-17-13(18)6-7-15-9-12-5-3-2-4-11(12)8-14(19)20/h2-5,10,15H,6-9H2,1H3,(H,19,20). The Labute approximate surface area is 117 Å². The first-order valence-electron chi connectivity index (χ1n) is 6.49. The van der Waals surface area contributed by atoms with Crippen molar-refractivity contribution in [1.82, 2.24) is 20.1 Å². The van der Waals surface area contributed by atoms with Crippen LogP contribution in [0, 0.1) is 0 Å². The van der Waals surface area contributed by atoms with Crippen LogP contribution in [0.1, 0.15) is 17.0 Å². The van der Waals surface area contributed by atoms with Crippen LogP contribution in [0.25, 0.3) is 0 Å². The van der Waals surface area contributed by atoms with Crippen LogP contribution >= 0.6 is 0 Å². The van der Waals surface area contributed by atoms with Gasteiger partial charge in [-0.15, -0.1) is 10.2 Å². The third kappa shape index (κ3) is 3.89. The predicted octanol–water partition coefficient (Wildman–Crippen LogP) is 0.774. The fraction of sp³-hybridized carbons (Fsp3) is 0.357. The molecule has 106 valence electrons. The summed E-state index contributed by atoms with van der Waals surface area (Å²) in [6, 6.07) is 7.59. The van der Waals surface area contributed by atoms with Gasteiger partial charge in [0, 0.05) is 26.6 Å². The highest BCUT2D eigenvalue weighted by atomic mass is 16.4. The molecule has 6 heteroatoms. The molecule has 0 bridgehead atoms. The van der Waals surface area contributed by atoms with Crippen molar-refractivity contribution >= 4 is 5.97 Å². The molecule has 0 saturated carbocycles. The van der Waals surface area contributed by atoms with Crippen molar-refractivity contribution in [3.05, 3.63) is 47.5 Å². The largest absolute Gasteiger partial charge is 0.481 e. The van der Waals surface area contributed by atoms with Gasteiger partial charge in [-0.1, -0.05) is 24.3 Å². The topological polar surface area (TPSA) is 80.0 Å². The first-order chi connectivity index (χ1) is 9.66. The van der Waals surface area contributed by atoms with Crippen molar-refractivity contribution in [2.45, 2.75) is 19.4 Å². The number of nitrogens with zero attached hydrogens (tertiary/aromatic N) is 3. The van der Waals surface area contributed by atoms with E-state index < -0.39 is 5.97 Å². The first kappa shape index (κ1) is 14.2. The Bertz CT molecular complexity index is 580. The monoisotopic (exact) mass is 274 g/mol. The zero-order valence-corrected chi connectivity index (χ0v) is 11.4. The number of rotatable bonds is 7. The first-order valence-corrected chi connectivity index (χ1v) is 6.49. The molecule has 0 saturated heterocycles. The molecular weight excluding hydrogens is 256 g/mol. The van der Waals surface area contributed by atoms with E-state index in [-0.39, 0.29) is 6.42 Å². The number of carbonyl (C=O) groups is 1. The second-order valence-corrected chi connectivity index (χ2v) is 4.62. The van der Waals surface area contributed by atoms with Crippen molar-refractivity contribution in [1.29, 1.82) is 0 Å². The maximum Gasteiger partial charge on any atom is 0.307 e. The summed E-state index contributed by atoms with van der Waals surface area (Å²) < 4.78 is 1.89. The van der Waals surface area contributed by atoms with Crippen LogP contribution in [0.4, 0.5) is 0 Å². The van der Waals surface area contributed by atoms with Crippen molar-refractivity contribution in [3.63, 3.8) is 0 Å². The highest BCUT2D eigenvalue weighted by Crippen LogP contribution is 2.09. The normalized spacial score (nSPS) is 10.7. The molecule has 0 aliphatic heterocycles. The average Bonchev–Trinajstić information content (AvgIpc) is 2.81. The Kier molecular flexibility index (Phi) is 4.84. The molecule has 0 radical (unpaired) electrons. The molecule has 0 aliphatic carbocycles. The lowest BCUT2D eigenvalue weighted by Gasteiger charge is -2.09. The molecule has 2 N–H and O–H groups in total. The van der Waals surface area contributed by atoms with E-state index in [9.17, 15) is 4.79 Å². The van der Waals surface area contributed by atoms with Gasteiger partial charge in [-0.05, 0) is 11.1 Å². The SMILES string of the molecule is Cn1cnnc1CCNCc1ccccc1CC(=O)O. The minimum atomic E-state index is -0.809. The average molecular weight is 274 g/mol. The summed E-state index contributed by atoms with van der Waals surface area (Å²) in [4.78, 5) is 10.8. The van der Waals surface area contributed by atoms with Gasteiger partial charge >= 0.3 is 5.97 Å². The lowest BCUT2D eigenvalue weighted by atomic mass is 10.0. The molecule has 1 heterocycles. The predicted molar refractivity (Wildman–Crippen MR) is 74.2 cm³/mol. The minimum absolute atomic E-state index is 0.0567. The molecule has 1 aromatic carbocycles. The van der Waals surface area contributed by atoms with Crippen LogP contribution in [0.2, 0.25) is 0 Å². The highest BCUT2D eigenvalue weighted by molar-refractivity contribution is 5.70. The van der Waals surface area contributed by atoms with Crippen LogP contribution in [0.15, 0.2) is 30.6 Å². The quantitative estimate of drug-likeness (QED) is 0.729. The second kappa shape index (κ2) is 6.81. The molecule has 0 spiro atoms. The number of carboxylic acids is 1. The molecule has 0 unspecified atom stereocenters. The molecule has 2 rings (SSSR count). The van der Waals surface area contributed by atoms with Crippen molar-refractivity contribution < 1.29 is 9.90 Å². The van der Waals surface area contributed by atoms with Crippen LogP contribution < -0.4 is 5.32 Å². The van der Waals surface area contributed by atoms with Gasteiger partial charge in [0.1, 0.15) is 12.2 Å². The van der Waals surface area contributed by atoms with Crippen molar-refractivity contribution in [3.8, 4) is 0 Å². The number of aromatic nitrogens is 3. The Balaban J connectivity index is 1.85. The van der Waals surface area contributed by atoms with Gasteiger partial charge in [0.15, 0.2) is 0 Å². The van der Waals surface area contributed by atoms with Gasteiger partial charge in [-0.25, -0.2) is 0 Å². The summed E-state index contributed by atoms with van der Waals surface area (Å²) in [6.07, 6.45) is 2.52. The number of hydrogen-bond donors (Lipinski definition) is 2. The fourth-order valence-corrected chi connectivity index (χ4v) is 2.02. The summed E-state index contributed by atoms with van der Waals surface area (Å²) in [7, 11) is 1.91. The van der Waals surface area contributed by atoms with Crippen LogP contribution in [0.5, 0.6) is 0 Å². The second-order valence-electron chi connectivity index (χ2n) is 4.62. The number of nitrogens with one attached hydrogen (secondary N) is 1. The molecule has 0 atom stereocenters. The third-order valence-corrected chi connectivity index (χ3v) is 3.11. The number of aryl methyl sites for hydroxylation is 1. The van der Waals surface area contributed by atoms with Crippen LogP contribution in [-0.2, 0) is 31.2 Å². The summed E-state index contributed by atoms with van der Waals surface area (Å²) in [5, 5.41) is 20.0. The van der Waals surface area contributed by atoms with E-state index in [2.05, 4.69) is 15.5 Å². The van der Waals surface area contributed by atoms with Gasteiger partial charge in [-0.3, -0.25) is 4.79 Å². The summed E-state index contributed by atoms with van der Waals surface area (Å²) in [6.45, 7) is 1.43. The number of carboxylic acid groups (broad SMARTS) is 1. The molecule has 20 heavy (non-hydrogen) atoms. The van der Waals surface area contributed by atoms with Gasteiger partial charge in [0.2, 0.25) is 0 Å². The zero-order chi connectivity index (χ0) is 14.4. The summed E-state index contributed by atoms with van der Waals surface area (Å²) in [5.74, 6) is 0.118.